The van der Waals surface area contributed by atoms with Gasteiger partial charge in [0.25, 0.3) is 5.91 Å². The zero-order chi connectivity index (χ0) is 27.1. The average molecular weight is 518 g/mol. The van der Waals surface area contributed by atoms with Gasteiger partial charge < -0.3 is 15.5 Å². The maximum atomic E-state index is 15.0. The van der Waals surface area contributed by atoms with Gasteiger partial charge in [-0.1, -0.05) is 24.8 Å². The van der Waals surface area contributed by atoms with Crippen LogP contribution in [-0.2, 0) is 11.0 Å². The molecule has 2 unspecified atom stereocenters. The Morgan fingerprint density at radius 1 is 1.05 bits per heavy atom. The molecule has 4 rings (SSSR count). The van der Waals surface area contributed by atoms with Gasteiger partial charge in [-0.15, -0.1) is 0 Å². The number of hydrogen-bond acceptors (Lipinski definition) is 3. The van der Waals surface area contributed by atoms with Crippen molar-refractivity contribution in [3.8, 4) is 0 Å². The second-order valence-corrected chi connectivity index (χ2v) is 10.2. The lowest BCUT2D eigenvalue weighted by molar-refractivity contribution is -0.137. The molecule has 2 amide bonds. The first kappa shape index (κ1) is 26.7. The van der Waals surface area contributed by atoms with Gasteiger partial charge in [0, 0.05) is 28.9 Å². The van der Waals surface area contributed by atoms with E-state index in [1.54, 1.807) is 17.9 Å². The largest absolute Gasteiger partial charge is 0.416 e. The van der Waals surface area contributed by atoms with E-state index in [4.69, 9.17) is 0 Å². The summed E-state index contributed by atoms with van der Waals surface area (Å²) in [7, 11) is 0. The SMILES string of the molecule is C=C(NC1(C(=O)N[C@H](C)c2ccc(C(=O)N3C(C)CCC3C)cc2F)CC1)c1cccc(C(F)(F)F)c1. The van der Waals surface area contributed by atoms with E-state index in [-0.39, 0.29) is 40.4 Å². The molecular weight excluding hydrogens is 486 g/mol. The van der Waals surface area contributed by atoms with Gasteiger partial charge in [-0.25, -0.2) is 4.39 Å². The van der Waals surface area contributed by atoms with Gasteiger partial charge in [0.15, 0.2) is 0 Å². The number of hydrogen-bond donors (Lipinski definition) is 2. The predicted molar refractivity (Wildman–Crippen MR) is 133 cm³/mol. The van der Waals surface area contributed by atoms with Gasteiger partial charge in [0.05, 0.1) is 11.6 Å². The third-order valence-electron chi connectivity index (χ3n) is 7.36. The fourth-order valence-corrected chi connectivity index (χ4v) is 4.95. The minimum Gasteiger partial charge on any atom is -0.371 e. The summed E-state index contributed by atoms with van der Waals surface area (Å²) in [5.74, 6) is -1.20. The van der Waals surface area contributed by atoms with Crippen molar-refractivity contribution in [1.82, 2.24) is 15.5 Å². The van der Waals surface area contributed by atoms with Crippen LogP contribution in [-0.4, -0.2) is 34.3 Å². The van der Waals surface area contributed by atoms with Crippen molar-refractivity contribution in [2.75, 3.05) is 0 Å². The van der Waals surface area contributed by atoms with Crippen LogP contribution in [0.15, 0.2) is 49.0 Å². The Morgan fingerprint density at radius 2 is 1.70 bits per heavy atom. The van der Waals surface area contributed by atoms with Crippen LogP contribution < -0.4 is 10.6 Å². The van der Waals surface area contributed by atoms with Crippen LogP contribution in [0.1, 0.15) is 79.5 Å². The van der Waals surface area contributed by atoms with E-state index in [1.807, 2.05) is 13.8 Å². The highest BCUT2D eigenvalue weighted by atomic mass is 19.4. The number of benzene rings is 2. The minimum atomic E-state index is -4.49. The Morgan fingerprint density at radius 3 is 2.27 bits per heavy atom. The summed E-state index contributed by atoms with van der Waals surface area (Å²) in [6.07, 6.45) is -1.74. The number of rotatable bonds is 7. The highest BCUT2D eigenvalue weighted by Crippen LogP contribution is 2.39. The monoisotopic (exact) mass is 517 g/mol. The molecule has 3 atom stereocenters. The third-order valence-corrected chi connectivity index (χ3v) is 7.36. The molecule has 1 saturated heterocycles. The van der Waals surface area contributed by atoms with Crippen LogP contribution in [0, 0.1) is 5.82 Å². The minimum absolute atomic E-state index is 0.0939. The molecule has 1 aliphatic carbocycles. The molecule has 0 bridgehead atoms. The lowest BCUT2D eigenvalue weighted by atomic mass is 10.0. The summed E-state index contributed by atoms with van der Waals surface area (Å²) >= 11 is 0. The number of nitrogens with one attached hydrogen (secondary N) is 2. The third kappa shape index (κ3) is 5.50. The maximum Gasteiger partial charge on any atom is 0.416 e. The Hall–Kier alpha value is -3.36. The fourth-order valence-electron chi connectivity index (χ4n) is 4.95. The van der Waals surface area contributed by atoms with E-state index in [0.717, 1.165) is 25.0 Å². The predicted octanol–water partition coefficient (Wildman–Crippen LogP) is 5.83. The molecule has 0 aromatic heterocycles. The lowest BCUT2D eigenvalue weighted by Crippen LogP contribution is -2.46. The molecule has 5 nitrogen and oxygen atoms in total. The van der Waals surface area contributed by atoms with Gasteiger partial charge in [-0.05, 0) is 76.3 Å². The molecule has 2 fully saturated rings. The number of amides is 2. The quantitative estimate of drug-likeness (QED) is 0.455. The summed E-state index contributed by atoms with van der Waals surface area (Å²) in [5, 5.41) is 5.77. The van der Waals surface area contributed by atoms with Crippen molar-refractivity contribution in [3.05, 3.63) is 77.1 Å². The molecule has 1 saturated carbocycles. The lowest BCUT2D eigenvalue weighted by Gasteiger charge is -2.27. The van der Waals surface area contributed by atoms with E-state index in [2.05, 4.69) is 17.2 Å². The Labute approximate surface area is 213 Å². The maximum absolute atomic E-state index is 15.0. The number of halogens is 4. The Kier molecular flexibility index (Phi) is 7.10. The van der Waals surface area contributed by atoms with Gasteiger partial charge in [0.2, 0.25) is 5.91 Å². The summed E-state index contributed by atoms with van der Waals surface area (Å²) in [4.78, 5) is 27.8. The van der Waals surface area contributed by atoms with Crippen LogP contribution in [0.5, 0.6) is 0 Å². The summed E-state index contributed by atoms with van der Waals surface area (Å²) in [6.45, 7) is 9.42. The molecule has 2 N–H and O–H groups in total. The molecule has 2 aliphatic rings. The van der Waals surface area contributed by atoms with E-state index in [9.17, 15) is 22.8 Å². The van der Waals surface area contributed by atoms with Crippen molar-refractivity contribution in [1.29, 1.82) is 0 Å². The first-order valence-corrected chi connectivity index (χ1v) is 12.4. The zero-order valence-electron chi connectivity index (χ0n) is 21.1. The van der Waals surface area contributed by atoms with Crippen LogP contribution in [0.4, 0.5) is 17.6 Å². The van der Waals surface area contributed by atoms with E-state index >= 15 is 4.39 Å². The first-order chi connectivity index (χ1) is 17.3. The number of likely N-dealkylation sites (tertiary alicyclic amines) is 1. The van der Waals surface area contributed by atoms with Crippen LogP contribution in [0.3, 0.4) is 0 Å². The second-order valence-electron chi connectivity index (χ2n) is 10.2. The molecule has 0 radical (unpaired) electrons. The van der Waals surface area contributed by atoms with Crippen LogP contribution in [0.2, 0.25) is 0 Å². The standard InChI is InChI=1S/C28H31F4N3O2/c1-16-8-9-17(2)35(16)25(36)21-10-11-23(24(29)15-21)19(4)33-26(37)27(12-13-27)34-18(3)20-6-5-7-22(14-20)28(30,31)32/h5-7,10-11,14-17,19,34H,3,8-9,12-13H2,1-2,4H3,(H,33,37)/t16?,17?,19-/m1/s1. The van der Waals surface area contributed by atoms with Gasteiger partial charge >= 0.3 is 6.18 Å². The molecule has 37 heavy (non-hydrogen) atoms. The number of carbonyl (C=O) groups excluding carboxylic acids is 2. The van der Waals surface area contributed by atoms with E-state index in [1.165, 1.54) is 24.3 Å². The summed E-state index contributed by atoms with van der Waals surface area (Å²) in [5.41, 5.74) is -0.894. The Balaban J connectivity index is 1.42. The van der Waals surface area contributed by atoms with E-state index < -0.39 is 35.0 Å². The van der Waals surface area contributed by atoms with Crippen molar-refractivity contribution in [2.45, 2.75) is 76.3 Å². The smallest absolute Gasteiger partial charge is 0.371 e. The fraction of sp³-hybridized carbons (Fsp3) is 0.429. The zero-order valence-corrected chi connectivity index (χ0v) is 21.1. The average Bonchev–Trinajstić information content (AvgIpc) is 3.55. The topological polar surface area (TPSA) is 61.4 Å². The molecule has 198 valence electrons. The van der Waals surface area contributed by atoms with Crippen molar-refractivity contribution in [2.24, 2.45) is 0 Å². The highest BCUT2D eigenvalue weighted by molar-refractivity contribution is 5.95. The molecule has 0 spiro atoms. The van der Waals surface area contributed by atoms with E-state index in [0.29, 0.717) is 12.8 Å². The van der Waals surface area contributed by atoms with Crippen molar-refractivity contribution >= 4 is 17.5 Å². The number of alkyl halides is 3. The molecule has 1 heterocycles. The first-order valence-electron chi connectivity index (χ1n) is 12.4. The molecular formula is C28H31F4N3O2. The summed E-state index contributed by atoms with van der Waals surface area (Å²) < 4.78 is 54.2. The molecule has 9 heteroatoms. The highest BCUT2D eigenvalue weighted by Gasteiger charge is 2.50. The second kappa shape index (κ2) is 9.84. The number of carbonyl (C=O) groups is 2. The van der Waals surface area contributed by atoms with Crippen molar-refractivity contribution in [3.63, 3.8) is 0 Å². The van der Waals surface area contributed by atoms with Gasteiger partial charge in [-0.3, -0.25) is 9.59 Å². The van der Waals surface area contributed by atoms with Gasteiger partial charge in [-0.2, -0.15) is 13.2 Å². The summed E-state index contributed by atoms with van der Waals surface area (Å²) in [6, 6.07) is 8.51. The van der Waals surface area contributed by atoms with Crippen molar-refractivity contribution < 1.29 is 27.2 Å². The molecule has 2 aromatic rings. The molecule has 1 aliphatic heterocycles. The Bertz CT molecular complexity index is 1210. The molecule has 2 aromatic carbocycles. The number of nitrogens with zero attached hydrogens (tertiary/aromatic N) is 1. The van der Waals surface area contributed by atoms with Gasteiger partial charge in [0.1, 0.15) is 11.4 Å². The van der Waals surface area contributed by atoms with Crippen LogP contribution >= 0.6 is 0 Å². The normalized spacial score (nSPS) is 21.3. The van der Waals surface area contributed by atoms with Crippen LogP contribution in [0.25, 0.3) is 5.70 Å².